The molecule has 10 aromatic carbocycles. The molecule has 0 fully saturated rings. The van der Waals surface area contributed by atoms with Gasteiger partial charge >= 0.3 is 0 Å². The third-order valence-electron chi connectivity index (χ3n) is 14.6. The zero-order valence-electron chi connectivity index (χ0n) is 34.9. The second-order valence-electron chi connectivity index (χ2n) is 17.5. The Kier molecular flexibility index (Phi) is 7.28. The first-order chi connectivity index (χ1) is 31.7. The number of rotatable bonds is 4. The van der Waals surface area contributed by atoms with Gasteiger partial charge in [-0.15, -0.1) is 0 Å². The largest absolute Gasteiger partial charge is 0.456 e. The lowest BCUT2D eigenvalue weighted by Crippen LogP contribution is -2.58. The van der Waals surface area contributed by atoms with Crippen molar-refractivity contribution in [2.75, 3.05) is 4.90 Å². The summed E-state index contributed by atoms with van der Waals surface area (Å²) in [5.74, 6) is 0. The molecule has 0 N–H and O–H groups in total. The van der Waals surface area contributed by atoms with Crippen molar-refractivity contribution in [3.05, 3.63) is 270 Å². The molecule has 14 rings (SSSR count). The summed E-state index contributed by atoms with van der Waals surface area (Å²) in [4.78, 5) is 2.42. The van der Waals surface area contributed by atoms with Gasteiger partial charge in [-0.05, 0) is 120 Å². The predicted octanol–water partition coefficient (Wildman–Crippen LogP) is 16.0. The van der Waals surface area contributed by atoms with Crippen LogP contribution in [0.25, 0.3) is 66.4 Å². The van der Waals surface area contributed by atoms with E-state index in [1.165, 1.54) is 77.9 Å². The molecule has 2 heteroatoms. The summed E-state index contributed by atoms with van der Waals surface area (Å²) < 4.78 is 6.58. The summed E-state index contributed by atoms with van der Waals surface area (Å²) in [5, 5.41) is 2.23. The van der Waals surface area contributed by atoms with E-state index in [1.807, 2.05) is 6.07 Å². The van der Waals surface area contributed by atoms with E-state index in [2.05, 4.69) is 235 Å². The van der Waals surface area contributed by atoms with E-state index >= 15 is 0 Å². The number of nitrogens with zero attached hydrogens (tertiary/aromatic N) is 1. The van der Waals surface area contributed by atoms with Gasteiger partial charge in [-0.1, -0.05) is 188 Å². The van der Waals surface area contributed by atoms with Crippen LogP contribution in [0.15, 0.2) is 241 Å². The molecule has 0 bridgehead atoms. The van der Waals surface area contributed by atoms with Gasteiger partial charge in [-0.3, -0.25) is 0 Å². The van der Waals surface area contributed by atoms with Crippen LogP contribution in [0.5, 0.6) is 0 Å². The minimum Gasteiger partial charge on any atom is -0.456 e. The molecule has 0 radical (unpaired) electrons. The third-order valence-corrected chi connectivity index (χ3v) is 14.6. The maximum atomic E-state index is 6.58. The summed E-state index contributed by atoms with van der Waals surface area (Å²) in [6, 6.07) is 88.1. The Bertz CT molecular complexity index is 3600. The first-order valence-electron chi connectivity index (χ1n) is 22.3. The Morgan fingerprint density at radius 3 is 1.22 bits per heavy atom. The van der Waals surface area contributed by atoms with E-state index in [-0.39, 0.29) is 0 Å². The Morgan fingerprint density at radius 1 is 0.266 bits per heavy atom. The SMILES string of the molecule is c1ccc(-c2ccc(N(c3ccc4c(c3)C35c6ccccc6-c6ccccc6C3(c3ccccc3-c3ccccc35)c3ccccc3-4)c3ccc4c(c3)oc3ccccc34)cc2)cc1. The first kappa shape index (κ1) is 35.4. The van der Waals surface area contributed by atoms with Gasteiger partial charge in [0.1, 0.15) is 11.2 Å². The van der Waals surface area contributed by atoms with Crippen LogP contribution in [-0.4, -0.2) is 0 Å². The van der Waals surface area contributed by atoms with Gasteiger partial charge in [-0.2, -0.15) is 0 Å². The Labute approximate surface area is 372 Å². The molecule has 1 aromatic heterocycles. The van der Waals surface area contributed by atoms with Crippen LogP contribution in [-0.2, 0) is 10.8 Å². The molecule has 64 heavy (non-hydrogen) atoms. The zero-order valence-corrected chi connectivity index (χ0v) is 34.9. The van der Waals surface area contributed by atoms with Gasteiger partial charge in [0.15, 0.2) is 0 Å². The molecular weight excluding hydrogens is 775 g/mol. The Balaban J connectivity index is 1.11. The highest BCUT2D eigenvalue weighted by Gasteiger charge is 2.66. The number of hydrogen-bond acceptors (Lipinski definition) is 2. The van der Waals surface area contributed by atoms with E-state index in [0.29, 0.717) is 0 Å². The molecule has 0 spiro atoms. The molecule has 0 aliphatic heterocycles. The Hall–Kier alpha value is -8.20. The van der Waals surface area contributed by atoms with Crippen molar-refractivity contribution in [2.24, 2.45) is 0 Å². The van der Waals surface area contributed by atoms with Crippen molar-refractivity contribution in [1.82, 2.24) is 0 Å². The fraction of sp³-hybridized carbons (Fsp3) is 0.0323. The van der Waals surface area contributed by atoms with E-state index < -0.39 is 10.8 Å². The summed E-state index contributed by atoms with van der Waals surface area (Å²) in [5.41, 5.74) is 21.7. The van der Waals surface area contributed by atoms with E-state index in [0.717, 1.165) is 39.0 Å². The maximum Gasteiger partial charge on any atom is 0.137 e. The van der Waals surface area contributed by atoms with Gasteiger partial charge in [0.05, 0.1) is 10.8 Å². The number of furan rings is 1. The Morgan fingerprint density at radius 2 is 0.656 bits per heavy atom. The summed E-state index contributed by atoms with van der Waals surface area (Å²) in [6.07, 6.45) is 0. The van der Waals surface area contributed by atoms with Crippen LogP contribution in [0.4, 0.5) is 17.1 Å². The van der Waals surface area contributed by atoms with Crippen molar-refractivity contribution < 1.29 is 4.42 Å². The molecule has 3 aliphatic rings. The first-order valence-corrected chi connectivity index (χ1v) is 22.3. The van der Waals surface area contributed by atoms with Crippen LogP contribution in [0.3, 0.4) is 0 Å². The van der Waals surface area contributed by atoms with E-state index in [1.54, 1.807) is 0 Å². The summed E-state index contributed by atoms with van der Waals surface area (Å²) >= 11 is 0. The van der Waals surface area contributed by atoms with Crippen LogP contribution < -0.4 is 4.90 Å². The number of anilines is 3. The smallest absolute Gasteiger partial charge is 0.137 e. The molecule has 1 heterocycles. The molecule has 2 nitrogen and oxygen atoms in total. The third kappa shape index (κ3) is 4.49. The van der Waals surface area contributed by atoms with Crippen molar-refractivity contribution in [3.63, 3.8) is 0 Å². The van der Waals surface area contributed by atoms with Crippen LogP contribution in [0.1, 0.15) is 33.4 Å². The predicted molar refractivity (Wildman–Crippen MR) is 263 cm³/mol. The minimum absolute atomic E-state index is 0.611. The van der Waals surface area contributed by atoms with Gasteiger partial charge < -0.3 is 9.32 Å². The standard InChI is InChI=1S/C62H39NO/c1-2-16-40(17-3-1)41-30-32-42(33-31-41)63(44-35-37-52-51-23-9-15-29-59(51)64-60(52)39-44)43-34-36-50-49-22-8-12-26-55(49)61-53-24-10-4-18-45(53)47-20-6-13-27-56(47)62(61,58(50)38-43)57-28-14-7-21-48(57)46-19-5-11-25-54(46)61/h1-39H. The molecular formula is C62H39NO. The normalized spacial score (nSPS) is 17.2. The fourth-order valence-corrected chi connectivity index (χ4v) is 12.3. The fourth-order valence-electron chi connectivity index (χ4n) is 12.3. The molecule has 0 amide bonds. The van der Waals surface area contributed by atoms with Crippen LogP contribution >= 0.6 is 0 Å². The number of fused-ring (bicyclic) bond motifs is 12. The highest BCUT2D eigenvalue weighted by molar-refractivity contribution is 6.06. The molecule has 0 unspecified atom stereocenters. The van der Waals surface area contributed by atoms with Crippen molar-refractivity contribution in [3.8, 4) is 44.5 Å². The average molecular weight is 814 g/mol. The molecule has 298 valence electrons. The monoisotopic (exact) mass is 813 g/mol. The average Bonchev–Trinajstić information content (AvgIpc) is 3.75. The maximum absolute atomic E-state index is 6.58. The van der Waals surface area contributed by atoms with Gasteiger partial charge in [0, 0.05) is 33.9 Å². The molecule has 0 atom stereocenters. The molecule has 0 saturated heterocycles. The quantitative estimate of drug-likeness (QED) is 0.176. The molecule has 11 aromatic rings. The van der Waals surface area contributed by atoms with Gasteiger partial charge in [0.25, 0.3) is 0 Å². The highest BCUT2D eigenvalue weighted by Crippen LogP contribution is 2.73. The summed E-state index contributed by atoms with van der Waals surface area (Å²) in [6.45, 7) is 0. The van der Waals surface area contributed by atoms with E-state index in [4.69, 9.17) is 4.42 Å². The second-order valence-corrected chi connectivity index (χ2v) is 17.5. The van der Waals surface area contributed by atoms with Crippen molar-refractivity contribution >= 4 is 39.0 Å². The lowest BCUT2D eigenvalue weighted by molar-refractivity contribution is 0.405. The number of benzene rings is 10. The molecule has 0 saturated carbocycles. The van der Waals surface area contributed by atoms with Crippen molar-refractivity contribution in [2.45, 2.75) is 10.8 Å². The highest BCUT2D eigenvalue weighted by atomic mass is 16.3. The van der Waals surface area contributed by atoms with Crippen molar-refractivity contribution in [1.29, 1.82) is 0 Å². The van der Waals surface area contributed by atoms with Gasteiger partial charge in [-0.25, -0.2) is 0 Å². The lowest BCUT2D eigenvalue weighted by atomic mass is 9.38. The minimum atomic E-state index is -0.659. The van der Waals surface area contributed by atoms with Gasteiger partial charge in [0.2, 0.25) is 0 Å². The van der Waals surface area contributed by atoms with Crippen LogP contribution in [0, 0.1) is 0 Å². The lowest BCUT2D eigenvalue weighted by Gasteiger charge is -2.62. The number of hydrogen-bond donors (Lipinski definition) is 0. The topological polar surface area (TPSA) is 16.4 Å². The van der Waals surface area contributed by atoms with Crippen LogP contribution in [0.2, 0.25) is 0 Å². The van der Waals surface area contributed by atoms with E-state index in [9.17, 15) is 0 Å². The molecule has 3 aliphatic carbocycles. The number of para-hydroxylation sites is 1. The zero-order chi connectivity index (χ0) is 42.0. The summed E-state index contributed by atoms with van der Waals surface area (Å²) in [7, 11) is 0. The second kappa shape index (κ2) is 13.2.